The zero-order valence-electron chi connectivity index (χ0n) is 9.61. The molecular weight excluding hydrogens is 244 g/mol. The van der Waals surface area contributed by atoms with Crippen LogP contribution in [0.1, 0.15) is 40.7 Å². The quantitative estimate of drug-likeness (QED) is 0.824. The lowest BCUT2D eigenvalue weighted by molar-refractivity contribution is 0.0525. The Balaban J connectivity index is 3.43. The Hall–Kier alpha value is -2.07. The number of aromatic nitrogens is 1. The highest BCUT2D eigenvalue weighted by Gasteiger charge is 2.23. The summed E-state index contributed by atoms with van der Waals surface area (Å²) in [6.45, 7) is 1.54. The van der Waals surface area contributed by atoms with Gasteiger partial charge in [-0.3, -0.25) is 0 Å². The summed E-state index contributed by atoms with van der Waals surface area (Å²) < 4.78 is 30.2. The Bertz CT molecular complexity index is 498. The molecule has 0 aromatic carbocycles. The number of ether oxygens (including phenoxy) is 1. The summed E-state index contributed by atoms with van der Waals surface area (Å²) in [5.74, 6) is -0.840. The van der Waals surface area contributed by atoms with Crippen LogP contribution in [0.25, 0.3) is 0 Å². The van der Waals surface area contributed by atoms with Gasteiger partial charge in [-0.1, -0.05) is 0 Å². The van der Waals surface area contributed by atoms with E-state index < -0.39 is 23.7 Å². The smallest absolute Gasteiger partial charge is 0.339 e. The molecule has 96 valence electrons. The number of hydrogen-bond acceptors (Lipinski definition) is 5. The molecule has 0 bridgehead atoms. The first kappa shape index (κ1) is 14.0. The van der Waals surface area contributed by atoms with Gasteiger partial charge in [0, 0.05) is 6.54 Å². The molecule has 5 nitrogen and oxygen atoms in total. The number of hydrogen-bond donors (Lipinski definition) is 1. The van der Waals surface area contributed by atoms with Crippen LogP contribution in [-0.4, -0.2) is 17.6 Å². The van der Waals surface area contributed by atoms with E-state index in [0.717, 1.165) is 0 Å². The van der Waals surface area contributed by atoms with Gasteiger partial charge < -0.3 is 10.5 Å². The molecule has 0 fully saturated rings. The summed E-state index contributed by atoms with van der Waals surface area (Å²) in [7, 11) is 0. The van der Waals surface area contributed by atoms with Gasteiger partial charge in [0.2, 0.25) is 0 Å². The van der Waals surface area contributed by atoms with Crippen molar-refractivity contribution in [1.29, 1.82) is 5.26 Å². The fourth-order valence-corrected chi connectivity index (χ4v) is 1.37. The molecule has 7 heteroatoms. The lowest BCUT2D eigenvalue weighted by Crippen LogP contribution is -2.13. The number of nitrogens with zero attached hydrogens (tertiary/aromatic N) is 2. The van der Waals surface area contributed by atoms with Crippen LogP contribution >= 0.6 is 0 Å². The number of carbonyl (C=O) groups is 1. The zero-order chi connectivity index (χ0) is 13.7. The Morgan fingerprint density at radius 1 is 1.67 bits per heavy atom. The molecule has 0 unspecified atom stereocenters. The number of carbonyl (C=O) groups excluding carboxylic acids is 1. The van der Waals surface area contributed by atoms with Gasteiger partial charge in [0.15, 0.2) is 0 Å². The SMILES string of the molecule is CCOC(=O)c1cc(CN)nc(C(F)F)c1C#N. The first-order valence-corrected chi connectivity index (χ1v) is 5.14. The molecule has 0 spiro atoms. The molecule has 1 aromatic heterocycles. The Morgan fingerprint density at radius 2 is 2.33 bits per heavy atom. The van der Waals surface area contributed by atoms with Crippen LogP contribution in [0.4, 0.5) is 8.78 Å². The maximum Gasteiger partial charge on any atom is 0.339 e. The normalized spacial score (nSPS) is 10.2. The van der Waals surface area contributed by atoms with Crippen LogP contribution < -0.4 is 5.73 Å². The Labute approximate surface area is 102 Å². The van der Waals surface area contributed by atoms with E-state index in [1.807, 2.05) is 0 Å². The molecule has 0 aliphatic heterocycles. The van der Waals surface area contributed by atoms with Crippen molar-refractivity contribution in [2.75, 3.05) is 6.61 Å². The maximum absolute atomic E-state index is 12.8. The second-order valence-electron chi connectivity index (χ2n) is 3.26. The van der Waals surface area contributed by atoms with E-state index in [1.165, 1.54) is 6.07 Å². The minimum atomic E-state index is -2.96. The Kier molecular flexibility index (Phi) is 4.68. The number of halogens is 2. The summed E-state index contributed by atoms with van der Waals surface area (Å²) in [4.78, 5) is 15.1. The second-order valence-corrected chi connectivity index (χ2v) is 3.26. The largest absolute Gasteiger partial charge is 0.462 e. The van der Waals surface area contributed by atoms with Gasteiger partial charge >= 0.3 is 5.97 Å². The van der Waals surface area contributed by atoms with Crippen molar-refractivity contribution in [1.82, 2.24) is 4.98 Å². The molecule has 0 amide bonds. The second kappa shape index (κ2) is 6.02. The number of esters is 1. The fourth-order valence-electron chi connectivity index (χ4n) is 1.37. The average Bonchev–Trinajstić information content (AvgIpc) is 2.37. The lowest BCUT2D eigenvalue weighted by atomic mass is 10.1. The number of alkyl halides is 2. The van der Waals surface area contributed by atoms with E-state index in [9.17, 15) is 13.6 Å². The van der Waals surface area contributed by atoms with Crippen molar-refractivity contribution in [2.45, 2.75) is 19.9 Å². The zero-order valence-corrected chi connectivity index (χ0v) is 9.61. The number of nitrogens with two attached hydrogens (primary N) is 1. The van der Waals surface area contributed by atoms with E-state index in [4.69, 9.17) is 15.7 Å². The standard InChI is InChI=1S/C11H11F2N3O2/c1-2-18-11(17)7-3-6(4-14)16-9(10(12)13)8(7)5-15/h3,10H,2,4,14H2,1H3. The van der Waals surface area contributed by atoms with Crippen LogP contribution in [0, 0.1) is 11.3 Å². The van der Waals surface area contributed by atoms with Crippen LogP contribution in [0.15, 0.2) is 6.07 Å². The van der Waals surface area contributed by atoms with Crippen LogP contribution in [0.2, 0.25) is 0 Å². The molecule has 0 aliphatic rings. The average molecular weight is 255 g/mol. The lowest BCUT2D eigenvalue weighted by Gasteiger charge is -2.10. The van der Waals surface area contributed by atoms with E-state index in [0.29, 0.717) is 0 Å². The monoisotopic (exact) mass is 255 g/mol. The predicted molar refractivity (Wildman–Crippen MR) is 57.8 cm³/mol. The van der Waals surface area contributed by atoms with Gasteiger partial charge in [0.25, 0.3) is 6.43 Å². The van der Waals surface area contributed by atoms with E-state index in [-0.39, 0.29) is 24.4 Å². The van der Waals surface area contributed by atoms with Crippen LogP contribution in [-0.2, 0) is 11.3 Å². The molecule has 0 aliphatic carbocycles. The third-order valence-electron chi connectivity index (χ3n) is 2.12. The van der Waals surface area contributed by atoms with E-state index >= 15 is 0 Å². The van der Waals surface area contributed by atoms with E-state index in [1.54, 1.807) is 13.0 Å². The first-order valence-electron chi connectivity index (χ1n) is 5.14. The summed E-state index contributed by atoms with van der Waals surface area (Å²) in [6, 6.07) is 2.75. The molecule has 1 rings (SSSR count). The maximum atomic E-state index is 12.8. The van der Waals surface area contributed by atoms with Crippen molar-refractivity contribution in [3.05, 3.63) is 28.6 Å². The number of pyridine rings is 1. The van der Waals surface area contributed by atoms with Gasteiger partial charge in [-0.25, -0.2) is 18.6 Å². The van der Waals surface area contributed by atoms with Crippen molar-refractivity contribution in [3.8, 4) is 6.07 Å². The molecule has 18 heavy (non-hydrogen) atoms. The fraction of sp³-hybridized carbons (Fsp3) is 0.364. The molecule has 0 saturated heterocycles. The van der Waals surface area contributed by atoms with Crippen LogP contribution in [0.3, 0.4) is 0 Å². The Morgan fingerprint density at radius 3 is 2.78 bits per heavy atom. The van der Waals surface area contributed by atoms with E-state index in [2.05, 4.69) is 4.98 Å². The topological polar surface area (TPSA) is 89.0 Å². The summed E-state index contributed by atoms with van der Waals surface area (Å²) >= 11 is 0. The minimum Gasteiger partial charge on any atom is -0.462 e. The molecule has 2 N–H and O–H groups in total. The molecule has 1 aromatic rings. The van der Waals surface area contributed by atoms with Gasteiger partial charge in [0.05, 0.1) is 23.4 Å². The number of nitriles is 1. The van der Waals surface area contributed by atoms with Crippen LogP contribution in [0.5, 0.6) is 0 Å². The highest BCUT2D eigenvalue weighted by molar-refractivity contribution is 5.92. The first-order chi connectivity index (χ1) is 8.54. The third-order valence-corrected chi connectivity index (χ3v) is 2.12. The minimum absolute atomic E-state index is 0.0774. The molecule has 0 saturated carbocycles. The van der Waals surface area contributed by atoms with Crippen molar-refractivity contribution < 1.29 is 18.3 Å². The molecular formula is C11H11F2N3O2. The molecule has 0 radical (unpaired) electrons. The van der Waals surface area contributed by atoms with Gasteiger partial charge in [0.1, 0.15) is 11.8 Å². The third kappa shape index (κ3) is 2.78. The summed E-state index contributed by atoms with van der Waals surface area (Å²) in [5, 5.41) is 8.87. The van der Waals surface area contributed by atoms with Crippen molar-refractivity contribution in [2.24, 2.45) is 5.73 Å². The predicted octanol–water partition coefficient (Wildman–Crippen LogP) is 1.53. The van der Waals surface area contributed by atoms with Gasteiger partial charge in [-0.05, 0) is 13.0 Å². The summed E-state index contributed by atoms with van der Waals surface area (Å²) in [6.07, 6.45) is -2.96. The van der Waals surface area contributed by atoms with Crippen molar-refractivity contribution in [3.63, 3.8) is 0 Å². The molecule has 0 atom stereocenters. The highest BCUT2D eigenvalue weighted by Crippen LogP contribution is 2.24. The highest BCUT2D eigenvalue weighted by atomic mass is 19.3. The van der Waals surface area contributed by atoms with Crippen molar-refractivity contribution >= 4 is 5.97 Å². The van der Waals surface area contributed by atoms with Gasteiger partial charge in [-0.2, -0.15) is 5.26 Å². The number of rotatable bonds is 4. The van der Waals surface area contributed by atoms with Gasteiger partial charge in [-0.15, -0.1) is 0 Å². The molecule has 1 heterocycles. The summed E-state index contributed by atoms with van der Waals surface area (Å²) in [5.41, 5.74) is 3.97.